The highest BCUT2D eigenvalue weighted by Crippen LogP contribution is 2.24. The van der Waals surface area contributed by atoms with E-state index in [1.807, 2.05) is 25.2 Å². The molecule has 2 atom stereocenters. The molecule has 0 saturated carbocycles. The van der Waals surface area contributed by atoms with Gasteiger partial charge in [-0.05, 0) is 25.6 Å². The summed E-state index contributed by atoms with van der Waals surface area (Å²) < 4.78 is 11.5. The van der Waals surface area contributed by atoms with Crippen molar-refractivity contribution < 1.29 is 9.47 Å². The number of fused-ring (bicyclic) bond motifs is 1. The van der Waals surface area contributed by atoms with Crippen LogP contribution in [0.2, 0.25) is 0 Å². The molecule has 2 aromatic rings. The van der Waals surface area contributed by atoms with E-state index in [9.17, 15) is 0 Å². The number of para-hydroxylation sites is 1. The second-order valence-electron chi connectivity index (χ2n) is 5.16. The minimum absolute atomic E-state index is 0.316. The molecule has 1 aliphatic rings. The normalized spacial score (nSPS) is 20.1. The lowest BCUT2D eigenvalue weighted by molar-refractivity contribution is 0.163. The summed E-state index contributed by atoms with van der Waals surface area (Å²) in [6.45, 7) is 2.32. The average molecular weight is 272 g/mol. The van der Waals surface area contributed by atoms with Gasteiger partial charge in [0.15, 0.2) is 0 Å². The highest BCUT2D eigenvalue weighted by atomic mass is 16.5. The fraction of sp³-hybridized carbons (Fsp3) is 0.438. The minimum Gasteiger partial charge on any atom is -0.490 e. The predicted molar refractivity (Wildman–Crippen MR) is 79.0 cm³/mol. The molecule has 106 valence electrons. The van der Waals surface area contributed by atoms with Crippen LogP contribution in [0.4, 0.5) is 0 Å². The predicted octanol–water partition coefficient (Wildman–Crippen LogP) is 2.24. The van der Waals surface area contributed by atoms with Crippen molar-refractivity contribution in [2.24, 2.45) is 5.92 Å². The number of hydrogen-bond acceptors (Lipinski definition) is 4. The van der Waals surface area contributed by atoms with Crippen molar-refractivity contribution in [3.8, 4) is 5.75 Å². The molecule has 1 aromatic carbocycles. The zero-order chi connectivity index (χ0) is 13.8. The van der Waals surface area contributed by atoms with E-state index in [0.717, 1.165) is 36.3 Å². The zero-order valence-electron chi connectivity index (χ0n) is 11.7. The summed E-state index contributed by atoms with van der Waals surface area (Å²) in [4.78, 5) is 4.41. The summed E-state index contributed by atoms with van der Waals surface area (Å²) in [5.41, 5.74) is 0.924. The van der Waals surface area contributed by atoms with Crippen molar-refractivity contribution in [3.63, 3.8) is 0 Å². The lowest BCUT2D eigenvalue weighted by Crippen LogP contribution is -2.39. The van der Waals surface area contributed by atoms with Gasteiger partial charge >= 0.3 is 0 Å². The summed E-state index contributed by atoms with van der Waals surface area (Å²) in [5.74, 6) is 1.38. The molecule has 4 heteroatoms. The summed E-state index contributed by atoms with van der Waals surface area (Å²) in [5, 5.41) is 4.44. The smallest absolute Gasteiger partial charge is 0.145 e. The molecule has 1 saturated heterocycles. The molecule has 2 unspecified atom stereocenters. The van der Waals surface area contributed by atoms with Gasteiger partial charge in [-0.1, -0.05) is 18.2 Å². The van der Waals surface area contributed by atoms with E-state index in [4.69, 9.17) is 9.47 Å². The Hall–Kier alpha value is -1.65. The van der Waals surface area contributed by atoms with Crippen molar-refractivity contribution in [2.45, 2.75) is 12.5 Å². The maximum Gasteiger partial charge on any atom is 0.145 e. The number of nitrogens with zero attached hydrogens (tertiary/aromatic N) is 1. The Morgan fingerprint density at radius 1 is 1.40 bits per heavy atom. The van der Waals surface area contributed by atoms with Crippen molar-refractivity contribution in [3.05, 3.63) is 36.5 Å². The molecule has 3 rings (SSSR count). The Labute approximate surface area is 119 Å². The van der Waals surface area contributed by atoms with Crippen LogP contribution in [0.1, 0.15) is 6.42 Å². The van der Waals surface area contributed by atoms with Gasteiger partial charge in [-0.15, -0.1) is 0 Å². The molecule has 0 aliphatic carbocycles. The lowest BCUT2D eigenvalue weighted by Gasteiger charge is -2.22. The Balaban J connectivity index is 1.72. The van der Waals surface area contributed by atoms with E-state index >= 15 is 0 Å². The van der Waals surface area contributed by atoms with Crippen LogP contribution in [0.15, 0.2) is 36.5 Å². The summed E-state index contributed by atoms with van der Waals surface area (Å²) in [6.07, 6.45) is 2.90. The first-order valence-electron chi connectivity index (χ1n) is 7.10. The van der Waals surface area contributed by atoms with Crippen molar-refractivity contribution in [1.82, 2.24) is 10.3 Å². The minimum atomic E-state index is 0.316. The third-order valence-corrected chi connectivity index (χ3v) is 3.92. The monoisotopic (exact) mass is 272 g/mol. The van der Waals surface area contributed by atoms with Gasteiger partial charge in [0.25, 0.3) is 0 Å². The van der Waals surface area contributed by atoms with E-state index in [-0.39, 0.29) is 0 Å². The maximum absolute atomic E-state index is 6.00. The van der Waals surface area contributed by atoms with Crippen molar-refractivity contribution >= 4 is 10.9 Å². The fourth-order valence-corrected chi connectivity index (χ4v) is 2.70. The summed E-state index contributed by atoms with van der Waals surface area (Å²) in [7, 11) is 1.98. The Morgan fingerprint density at radius 3 is 3.10 bits per heavy atom. The molecular formula is C16H20N2O2. The number of rotatable bonds is 5. The number of hydrogen-bond donors (Lipinski definition) is 1. The first-order valence-corrected chi connectivity index (χ1v) is 7.10. The van der Waals surface area contributed by atoms with Gasteiger partial charge in [0.2, 0.25) is 0 Å². The third kappa shape index (κ3) is 2.76. The first-order chi connectivity index (χ1) is 9.88. The summed E-state index contributed by atoms with van der Waals surface area (Å²) >= 11 is 0. The first kappa shape index (κ1) is 13.3. The van der Waals surface area contributed by atoms with Crippen LogP contribution >= 0.6 is 0 Å². The highest BCUT2D eigenvalue weighted by molar-refractivity contribution is 5.84. The zero-order valence-corrected chi connectivity index (χ0v) is 11.7. The van der Waals surface area contributed by atoms with Crippen molar-refractivity contribution in [1.29, 1.82) is 0 Å². The van der Waals surface area contributed by atoms with Crippen LogP contribution in [0, 0.1) is 5.92 Å². The second kappa shape index (κ2) is 6.20. The van der Waals surface area contributed by atoms with Crippen LogP contribution < -0.4 is 10.1 Å². The molecule has 1 N–H and O–H groups in total. The van der Waals surface area contributed by atoms with Gasteiger partial charge in [-0.25, -0.2) is 0 Å². The van der Waals surface area contributed by atoms with Gasteiger partial charge < -0.3 is 14.8 Å². The quantitative estimate of drug-likeness (QED) is 0.906. The molecule has 1 fully saturated rings. The molecular weight excluding hydrogens is 252 g/mol. The van der Waals surface area contributed by atoms with Gasteiger partial charge in [-0.2, -0.15) is 0 Å². The van der Waals surface area contributed by atoms with Crippen LogP contribution in [0.3, 0.4) is 0 Å². The van der Waals surface area contributed by atoms with Gasteiger partial charge in [0.05, 0.1) is 6.61 Å². The largest absolute Gasteiger partial charge is 0.490 e. The fourth-order valence-electron chi connectivity index (χ4n) is 2.70. The van der Waals surface area contributed by atoms with Gasteiger partial charge in [-0.3, -0.25) is 4.98 Å². The Bertz CT molecular complexity index is 562. The average Bonchev–Trinajstić information content (AvgIpc) is 3.02. The van der Waals surface area contributed by atoms with Crippen molar-refractivity contribution in [2.75, 3.05) is 26.9 Å². The number of aromatic nitrogens is 1. The second-order valence-corrected chi connectivity index (χ2v) is 5.16. The SMILES string of the molecule is CNC(COc1cccc2cccnc12)C1CCOC1. The summed E-state index contributed by atoms with van der Waals surface area (Å²) in [6, 6.07) is 10.3. The highest BCUT2D eigenvalue weighted by Gasteiger charge is 2.25. The van der Waals surface area contributed by atoms with Crippen LogP contribution in [0.5, 0.6) is 5.75 Å². The Kier molecular flexibility index (Phi) is 4.14. The number of ether oxygens (including phenoxy) is 2. The Morgan fingerprint density at radius 2 is 2.30 bits per heavy atom. The van der Waals surface area contributed by atoms with E-state index in [2.05, 4.69) is 22.4 Å². The van der Waals surface area contributed by atoms with Gasteiger partial charge in [0, 0.05) is 30.1 Å². The van der Waals surface area contributed by atoms with Crippen LogP contribution in [-0.2, 0) is 4.74 Å². The molecule has 4 nitrogen and oxygen atoms in total. The number of benzene rings is 1. The van der Waals surface area contributed by atoms with Crippen LogP contribution in [0.25, 0.3) is 10.9 Å². The molecule has 0 radical (unpaired) electrons. The number of nitrogens with one attached hydrogen (secondary N) is 1. The third-order valence-electron chi connectivity index (χ3n) is 3.92. The molecule has 0 spiro atoms. The molecule has 20 heavy (non-hydrogen) atoms. The van der Waals surface area contributed by atoms with Crippen LogP contribution in [-0.4, -0.2) is 37.9 Å². The molecule has 0 bridgehead atoms. The van der Waals surface area contributed by atoms with E-state index < -0.39 is 0 Å². The molecule has 1 aromatic heterocycles. The van der Waals surface area contributed by atoms with E-state index in [1.165, 1.54) is 0 Å². The lowest BCUT2D eigenvalue weighted by atomic mass is 10.00. The topological polar surface area (TPSA) is 43.4 Å². The van der Waals surface area contributed by atoms with E-state index in [1.54, 1.807) is 6.20 Å². The van der Waals surface area contributed by atoms with Gasteiger partial charge in [0.1, 0.15) is 17.9 Å². The molecule has 0 amide bonds. The molecule has 2 heterocycles. The number of likely N-dealkylation sites (N-methyl/N-ethyl adjacent to an activating group) is 1. The standard InChI is InChI=1S/C16H20N2O2/c1-17-14(13-7-9-19-10-13)11-20-15-6-2-4-12-5-3-8-18-16(12)15/h2-6,8,13-14,17H,7,9-11H2,1H3. The number of pyridine rings is 1. The molecule has 1 aliphatic heterocycles. The van der Waals surface area contributed by atoms with E-state index in [0.29, 0.717) is 18.6 Å². The maximum atomic E-state index is 6.00.